The minimum Gasteiger partial charge on any atom is -0.309 e. The Labute approximate surface area is 464 Å². The Morgan fingerprint density at radius 3 is 1.45 bits per heavy atom. The van der Waals surface area contributed by atoms with Gasteiger partial charge in [-0.15, -0.1) is 0 Å². The second kappa shape index (κ2) is 16.1. The quantitative estimate of drug-likeness (QED) is 0.167. The maximum absolute atomic E-state index is 2.62. The lowest BCUT2D eigenvalue weighted by Crippen LogP contribution is -2.33. The van der Waals surface area contributed by atoms with Gasteiger partial charge in [0.25, 0.3) is 0 Å². The van der Waals surface area contributed by atoms with E-state index in [4.69, 9.17) is 0 Å². The summed E-state index contributed by atoms with van der Waals surface area (Å²) < 4.78 is 2.54. The molecule has 0 saturated heterocycles. The summed E-state index contributed by atoms with van der Waals surface area (Å²) in [6.45, 7) is 0. The van der Waals surface area contributed by atoms with Crippen LogP contribution in [0, 0.1) is 0 Å². The number of nitrogens with zero attached hydrogens (tertiary/aromatic N) is 2. The van der Waals surface area contributed by atoms with Crippen molar-refractivity contribution in [2.24, 2.45) is 0 Å². The van der Waals surface area contributed by atoms with Crippen LogP contribution in [0.1, 0.15) is 44.5 Å². The van der Waals surface area contributed by atoms with E-state index in [9.17, 15) is 0 Å². The normalized spacial score (nSPS) is 15.2. The van der Waals surface area contributed by atoms with Crippen LogP contribution in [-0.2, 0) is 10.8 Å². The zero-order chi connectivity index (χ0) is 52.3. The third-order valence-corrected chi connectivity index (χ3v) is 18.6. The Morgan fingerprint density at radius 1 is 0.263 bits per heavy atom. The molecule has 3 aliphatic carbocycles. The van der Waals surface area contributed by atoms with Crippen molar-refractivity contribution in [3.63, 3.8) is 0 Å². The first kappa shape index (κ1) is 43.8. The molecule has 80 heavy (non-hydrogen) atoms. The Balaban J connectivity index is 0.960. The van der Waals surface area contributed by atoms with Gasteiger partial charge in [-0.05, 0) is 136 Å². The van der Waals surface area contributed by atoms with Gasteiger partial charge in [0.15, 0.2) is 0 Å². The number of fused-ring (bicyclic) bond motifs is 23. The van der Waals surface area contributed by atoms with Crippen LogP contribution in [0.25, 0.3) is 93.9 Å². The summed E-state index contributed by atoms with van der Waals surface area (Å²) in [5.41, 5.74) is 28.8. The zero-order valence-electron chi connectivity index (χ0n) is 43.6. The van der Waals surface area contributed by atoms with E-state index in [0.29, 0.717) is 0 Å². The van der Waals surface area contributed by atoms with Gasteiger partial charge in [0.1, 0.15) is 0 Å². The SMILES string of the molecule is c1ccc(-c2cccc3ccccc23)c(-c2ccccc2N(c2ccc3c(c2)C2(c4ccccc4-3)c3ccccc3-n3c4ccccc4c4cccc2c43)c2cccc3c2-c2ccccc2C32c3ccccc3-c3ccccc32)c1. The molecular formula is C78H48N2. The molecule has 0 saturated carbocycles. The first-order chi connectivity index (χ1) is 39.7. The summed E-state index contributed by atoms with van der Waals surface area (Å²) in [5, 5.41) is 5.01. The second-order valence-corrected chi connectivity index (χ2v) is 22.1. The molecule has 2 heteroatoms. The van der Waals surface area contributed by atoms with Gasteiger partial charge >= 0.3 is 0 Å². The van der Waals surface area contributed by atoms with Gasteiger partial charge in [0.2, 0.25) is 0 Å². The number of anilines is 3. The van der Waals surface area contributed by atoms with Gasteiger partial charge in [0.05, 0.1) is 38.9 Å². The molecule has 2 heterocycles. The van der Waals surface area contributed by atoms with Crippen LogP contribution in [-0.4, -0.2) is 4.57 Å². The van der Waals surface area contributed by atoms with E-state index in [1.807, 2.05) is 0 Å². The third kappa shape index (κ3) is 5.43. The highest BCUT2D eigenvalue weighted by Crippen LogP contribution is 2.66. The minimum absolute atomic E-state index is 0.520. The monoisotopic (exact) mass is 1010 g/mol. The van der Waals surface area contributed by atoms with E-state index in [2.05, 4.69) is 301 Å². The fourth-order valence-corrected chi connectivity index (χ4v) is 15.7. The highest BCUT2D eigenvalue weighted by molar-refractivity contribution is 6.13. The molecule has 2 spiro atoms. The topological polar surface area (TPSA) is 8.17 Å². The average Bonchev–Trinajstić information content (AvgIpc) is 2.72. The second-order valence-electron chi connectivity index (χ2n) is 22.1. The molecule has 14 aromatic rings. The van der Waals surface area contributed by atoms with E-state index in [1.54, 1.807) is 0 Å². The lowest BCUT2D eigenvalue weighted by molar-refractivity contribution is 0.748. The minimum atomic E-state index is -0.638. The molecule has 1 aromatic heterocycles. The molecule has 13 aromatic carbocycles. The summed E-state index contributed by atoms with van der Waals surface area (Å²) in [6.07, 6.45) is 0. The Kier molecular flexibility index (Phi) is 8.83. The van der Waals surface area contributed by atoms with Crippen molar-refractivity contribution >= 4 is 49.6 Å². The zero-order valence-corrected chi connectivity index (χ0v) is 43.6. The molecule has 18 rings (SSSR count). The molecule has 0 fully saturated rings. The van der Waals surface area contributed by atoms with E-state index in [-0.39, 0.29) is 0 Å². The maximum Gasteiger partial charge on any atom is 0.0755 e. The predicted molar refractivity (Wildman–Crippen MR) is 331 cm³/mol. The van der Waals surface area contributed by atoms with Gasteiger partial charge in [-0.2, -0.15) is 0 Å². The van der Waals surface area contributed by atoms with Crippen molar-refractivity contribution in [2.45, 2.75) is 10.8 Å². The van der Waals surface area contributed by atoms with Crippen molar-refractivity contribution < 1.29 is 0 Å². The van der Waals surface area contributed by atoms with E-state index in [0.717, 1.165) is 22.6 Å². The van der Waals surface area contributed by atoms with Crippen LogP contribution in [0.15, 0.2) is 291 Å². The number of rotatable bonds is 5. The third-order valence-electron chi connectivity index (χ3n) is 18.6. The fraction of sp³-hybridized carbons (Fsp3) is 0.0256. The Morgan fingerprint density at radius 2 is 0.713 bits per heavy atom. The maximum atomic E-state index is 2.62. The molecule has 4 aliphatic rings. The number of benzene rings is 13. The largest absolute Gasteiger partial charge is 0.309 e. The van der Waals surface area contributed by atoms with Crippen molar-refractivity contribution in [1.29, 1.82) is 0 Å². The van der Waals surface area contributed by atoms with E-state index >= 15 is 0 Å². The molecule has 1 aliphatic heterocycles. The molecule has 0 amide bonds. The van der Waals surface area contributed by atoms with Crippen molar-refractivity contribution in [1.82, 2.24) is 4.57 Å². The first-order valence-electron chi connectivity index (χ1n) is 28.0. The van der Waals surface area contributed by atoms with Gasteiger partial charge in [-0.25, -0.2) is 0 Å². The van der Waals surface area contributed by atoms with Crippen molar-refractivity contribution in [2.75, 3.05) is 4.90 Å². The summed E-state index contributed by atoms with van der Waals surface area (Å²) in [5.74, 6) is 0. The lowest BCUT2D eigenvalue weighted by Gasteiger charge is -2.40. The van der Waals surface area contributed by atoms with Gasteiger partial charge in [-0.1, -0.05) is 255 Å². The number of hydrogen-bond donors (Lipinski definition) is 0. The van der Waals surface area contributed by atoms with E-state index in [1.165, 1.54) is 133 Å². The standard InChI is InChI=1S/C78H48N2/c1-2-24-51-49(22-1)23-19-33-52(51)53-25-3-4-26-54(53)59-30-9-16-42-71(59)79(74-45-21-40-68-75(74)62-32-8-14-38-66(62)77(68)63-35-11-5-27-55(63)56-28-6-12-36-64(56)77)50-46-47-58-57-29-7-13-37-65(57)78(70(58)48-50)67-39-15-18-44-73(67)80-72-43-17-10-31-60(72)61-34-20-41-69(78)76(61)80/h1-48H. The molecule has 0 radical (unpaired) electrons. The summed E-state index contributed by atoms with van der Waals surface area (Å²) >= 11 is 0. The van der Waals surface area contributed by atoms with Crippen molar-refractivity contribution in [3.05, 3.63) is 336 Å². The molecule has 1 atom stereocenters. The lowest BCUT2D eigenvalue weighted by atomic mass is 9.65. The van der Waals surface area contributed by atoms with Gasteiger partial charge in [-0.3, -0.25) is 0 Å². The Hall–Kier alpha value is -10.3. The smallest absolute Gasteiger partial charge is 0.0755 e. The summed E-state index contributed by atoms with van der Waals surface area (Å²) in [4.78, 5) is 2.62. The van der Waals surface area contributed by atoms with Gasteiger partial charge < -0.3 is 9.47 Å². The van der Waals surface area contributed by atoms with Crippen LogP contribution in [0.2, 0.25) is 0 Å². The molecule has 0 bridgehead atoms. The average molecular weight is 1010 g/mol. The van der Waals surface area contributed by atoms with Gasteiger partial charge in [0, 0.05) is 27.6 Å². The number of para-hydroxylation sites is 4. The van der Waals surface area contributed by atoms with Crippen LogP contribution in [0.5, 0.6) is 0 Å². The molecule has 370 valence electrons. The summed E-state index contributed by atoms with van der Waals surface area (Å²) in [7, 11) is 0. The first-order valence-corrected chi connectivity index (χ1v) is 28.0. The highest BCUT2D eigenvalue weighted by atomic mass is 15.1. The highest BCUT2D eigenvalue weighted by Gasteiger charge is 2.54. The number of aromatic nitrogens is 1. The summed E-state index contributed by atoms with van der Waals surface area (Å²) in [6, 6.07) is 110. The molecule has 2 nitrogen and oxygen atoms in total. The predicted octanol–water partition coefficient (Wildman–Crippen LogP) is 19.8. The molecule has 0 N–H and O–H groups in total. The van der Waals surface area contributed by atoms with Crippen LogP contribution in [0.3, 0.4) is 0 Å². The van der Waals surface area contributed by atoms with Crippen LogP contribution >= 0.6 is 0 Å². The molecular weight excluding hydrogens is 965 g/mol. The van der Waals surface area contributed by atoms with E-state index < -0.39 is 10.8 Å². The van der Waals surface area contributed by atoms with Crippen LogP contribution < -0.4 is 4.90 Å². The fourth-order valence-electron chi connectivity index (χ4n) is 15.7. The van der Waals surface area contributed by atoms with Crippen LogP contribution in [0.4, 0.5) is 17.1 Å². The number of hydrogen-bond acceptors (Lipinski definition) is 1. The Bertz CT molecular complexity index is 4940. The van der Waals surface area contributed by atoms with Crippen molar-refractivity contribution in [3.8, 4) is 61.3 Å². The molecule has 1 unspecified atom stereocenters.